The molecule has 0 bridgehead atoms. The molecule has 4 heteroatoms. The molecule has 1 aromatic heterocycles. The fourth-order valence-corrected chi connectivity index (χ4v) is 4.00. The van der Waals surface area contributed by atoms with Gasteiger partial charge in [0.2, 0.25) is 5.89 Å². The van der Waals surface area contributed by atoms with Gasteiger partial charge in [-0.25, -0.2) is 4.98 Å². The molecule has 4 rings (SSSR count). The number of fused-ring (bicyclic) bond motifs is 1. The number of amides is 1. The summed E-state index contributed by atoms with van der Waals surface area (Å²) >= 11 is 0. The van der Waals surface area contributed by atoms with Gasteiger partial charge in [-0.1, -0.05) is 43.0 Å². The van der Waals surface area contributed by atoms with Gasteiger partial charge in [0, 0.05) is 11.6 Å². The van der Waals surface area contributed by atoms with Crippen LogP contribution in [0.2, 0.25) is 0 Å². The standard InChI is InChI=1S/C23H26N2O2/c1-16-7-6-8-18(13-16)23(26)25(19-9-4-3-5-10-19)15-22-24-20-14-17(2)11-12-21(20)27-22/h6-8,11-14,19H,3-5,9-10,15H2,1-2H3. The van der Waals surface area contributed by atoms with Crippen molar-refractivity contribution in [2.75, 3.05) is 0 Å². The number of carbonyl (C=O) groups excluding carboxylic acids is 1. The van der Waals surface area contributed by atoms with E-state index in [9.17, 15) is 4.79 Å². The van der Waals surface area contributed by atoms with E-state index in [0.717, 1.165) is 40.6 Å². The fourth-order valence-electron chi connectivity index (χ4n) is 4.00. The van der Waals surface area contributed by atoms with Gasteiger partial charge >= 0.3 is 0 Å². The number of oxazole rings is 1. The number of aryl methyl sites for hydroxylation is 2. The molecule has 1 fully saturated rings. The van der Waals surface area contributed by atoms with Crippen LogP contribution in [-0.4, -0.2) is 21.8 Å². The summed E-state index contributed by atoms with van der Waals surface area (Å²) in [5.41, 5.74) is 4.63. The van der Waals surface area contributed by atoms with Gasteiger partial charge in [0.15, 0.2) is 5.58 Å². The highest BCUT2D eigenvalue weighted by molar-refractivity contribution is 5.94. The Kier molecular flexibility index (Phi) is 4.97. The Morgan fingerprint density at radius 2 is 1.85 bits per heavy atom. The molecule has 3 aromatic rings. The molecule has 1 heterocycles. The number of hydrogen-bond acceptors (Lipinski definition) is 3. The summed E-state index contributed by atoms with van der Waals surface area (Å²) in [6, 6.07) is 14.1. The number of carbonyl (C=O) groups is 1. The highest BCUT2D eigenvalue weighted by Crippen LogP contribution is 2.27. The zero-order valence-corrected chi connectivity index (χ0v) is 16.1. The van der Waals surface area contributed by atoms with Crippen LogP contribution in [0, 0.1) is 13.8 Å². The fraction of sp³-hybridized carbons (Fsp3) is 0.391. The molecule has 0 N–H and O–H groups in total. The minimum Gasteiger partial charge on any atom is -0.439 e. The Balaban J connectivity index is 1.65. The van der Waals surface area contributed by atoms with E-state index in [2.05, 4.69) is 4.98 Å². The first-order valence-electron chi connectivity index (χ1n) is 9.84. The predicted octanol–water partition coefficient (Wildman–Crippen LogP) is 5.42. The van der Waals surface area contributed by atoms with Crippen LogP contribution in [-0.2, 0) is 6.54 Å². The van der Waals surface area contributed by atoms with Gasteiger partial charge in [-0.15, -0.1) is 0 Å². The second-order valence-electron chi connectivity index (χ2n) is 7.67. The van der Waals surface area contributed by atoms with Crippen LogP contribution in [0.3, 0.4) is 0 Å². The molecule has 140 valence electrons. The van der Waals surface area contributed by atoms with E-state index in [1.165, 1.54) is 19.3 Å². The van der Waals surface area contributed by atoms with Crippen molar-refractivity contribution < 1.29 is 9.21 Å². The van der Waals surface area contributed by atoms with Crippen molar-refractivity contribution in [3.63, 3.8) is 0 Å². The van der Waals surface area contributed by atoms with E-state index in [0.29, 0.717) is 12.4 Å². The third-order valence-corrected chi connectivity index (χ3v) is 5.43. The van der Waals surface area contributed by atoms with Crippen molar-refractivity contribution in [3.05, 3.63) is 65.0 Å². The van der Waals surface area contributed by atoms with E-state index in [4.69, 9.17) is 4.42 Å². The van der Waals surface area contributed by atoms with Crippen molar-refractivity contribution in [2.45, 2.75) is 58.5 Å². The number of aromatic nitrogens is 1. The molecule has 0 radical (unpaired) electrons. The Labute approximate surface area is 160 Å². The molecule has 27 heavy (non-hydrogen) atoms. The first-order chi connectivity index (χ1) is 13.1. The summed E-state index contributed by atoms with van der Waals surface area (Å²) in [6.07, 6.45) is 5.71. The van der Waals surface area contributed by atoms with Crippen LogP contribution < -0.4 is 0 Å². The first kappa shape index (κ1) is 17.8. The first-order valence-corrected chi connectivity index (χ1v) is 9.84. The number of hydrogen-bond donors (Lipinski definition) is 0. The SMILES string of the molecule is Cc1cccc(C(=O)N(Cc2nc3cc(C)ccc3o2)C2CCCCC2)c1. The Morgan fingerprint density at radius 3 is 2.63 bits per heavy atom. The van der Waals surface area contributed by atoms with Crippen molar-refractivity contribution in [1.29, 1.82) is 0 Å². The Hall–Kier alpha value is -2.62. The van der Waals surface area contributed by atoms with Gasteiger partial charge in [0.1, 0.15) is 5.52 Å². The summed E-state index contributed by atoms with van der Waals surface area (Å²) < 4.78 is 5.95. The molecule has 1 aliphatic rings. The van der Waals surface area contributed by atoms with Crippen LogP contribution in [0.5, 0.6) is 0 Å². The highest BCUT2D eigenvalue weighted by Gasteiger charge is 2.28. The van der Waals surface area contributed by atoms with Crippen molar-refractivity contribution in [3.8, 4) is 0 Å². The molecule has 4 nitrogen and oxygen atoms in total. The monoisotopic (exact) mass is 362 g/mol. The summed E-state index contributed by atoms with van der Waals surface area (Å²) in [6.45, 7) is 4.49. The lowest BCUT2D eigenvalue weighted by Gasteiger charge is -2.33. The van der Waals surface area contributed by atoms with Crippen LogP contribution in [0.1, 0.15) is 59.5 Å². The summed E-state index contributed by atoms with van der Waals surface area (Å²) in [7, 11) is 0. The normalized spacial score (nSPS) is 15.2. The molecule has 0 atom stereocenters. The molecule has 2 aromatic carbocycles. The van der Waals surface area contributed by atoms with Gasteiger partial charge in [-0.05, 0) is 56.5 Å². The van der Waals surface area contributed by atoms with E-state index in [-0.39, 0.29) is 11.9 Å². The zero-order valence-electron chi connectivity index (χ0n) is 16.1. The number of benzene rings is 2. The van der Waals surface area contributed by atoms with Gasteiger partial charge in [0.05, 0.1) is 6.54 Å². The lowest BCUT2D eigenvalue weighted by Crippen LogP contribution is -2.41. The maximum Gasteiger partial charge on any atom is 0.254 e. The Bertz CT molecular complexity index is 954. The third kappa shape index (κ3) is 3.90. The second kappa shape index (κ2) is 7.55. The minimum absolute atomic E-state index is 0.0732. The molecule has 0 aliphatic heterocycles. The number of rotatable bonds is 4. The molecule has 1 saturated carbocycles. The molecule has 0 saturated heterocycles. The van der Waals surface area contributed by atoms with Gasteiger partial charge < -0.3 is 9.32 Å². The van der Waals surface area contributed by atoms with Crippen LogP contribution >= 0.6 is 0 Å². The Morgan fingerprint density at radius 1 is 1.07 bits per heavy atom. The molecular formula is C23H26N2O2. The van der Waals surface area contributed by atoms with Gasteiger partial charge in [-0.3, -0.25) is 4.79 Å². The number of nitrogens with zero attached hydrogens (tertiary/aromatic N) is 2. The molecule has 0 spiro atoms. The average molecular weight is 362 g/mol. The topological polar surface area (TPSA) is 46.3 Å². The van der Waals surface area contributed by atoms with Crippen molar-refractivity contribution in [2.24, 2.45) is 0 Å². The van der Waals surface area contributed by atoms with Gasteiger partial charge in [-0.2, -0.15) is 0 Å². The van der Waals surface area contributed by atoms with Crippen LogP contribution in [0.4, 0.5) is 0 Å². The largest absolute Gasteiger partial charge is 0.439 e. The summed E-state index contributed by atoms with van der Waals surface area (Å²) in [5.74, 6) is 0.686. The van der Waals surface area contributed by atoms with E-state index in [1.807, 2.05) is 61.2 Å². The van der Waals surface area contributed by atoms with Crippen molar-refractivity contribution in [1.82, 2.24) is 9.88 Å². The minimum atomic E-state index is 0.0732. The zero-order chi connectivity index (χ0) is 18.8. The molecule has 0 unspecified atom stereocenters. The maximum absolute atomic E-state index is 13.3. The lowest BCUT2D eigenvalue weighted by molar-refractivity contribution is 0.0593. The van der Waals surface area contributed by atoms with Gasteiger partial charge in [0.25, 0.3) is 5.91 Å². The predicted molar refractivity (Wildman–Crippen MR) is 107 cm³/mol. The molecular weight excluding hydrogens is 336 g/mol. The van der Waals surface area contributed by atoms with Crippen molar-refractivity contribution >= 4 is 17.0 Å². The summed E-state index contributed by atoms with van der Waals surface area (Å²) in [5, 5.41) is 0. The molecule has 1 amide bonds. The van der Waals surface area contributed by atoms with Crippen LogP contribution in [0.15, 0.2) is 46.9 Å². The molecule has 1 aliphatic carbocycles. The third-order valence-electron chi connectivity index (χ3n) is 5.43. The van der Waals surface area contributed by atoms with E-state index >= 15 is 0 Å². The maximum atomic E-state index is 13.3. The lowest BCUT2D eigenvalue weighted by atomic mass is 9.93. The average Bonchev–Trinajstić information content (AvgIpc) is 3.08. The second-order valence-corrected chi connectivity index (χ2v) is 7.67. The highest BCUT2D eigenvalue weighted by atomic mass is 16.3. The smallest absolute Gasteiger partial charge is 0.254 e. The van der Waals surface area contributed by atoms with E-state index in [1.54, 1.807) is 0 Å². The van der Waals surface area contributed by atoms with E-state index < -0.39 is 0 Å². The quantitative estimate of drug-likeness (QED) is 0.622. The summed E-state index contributed by atoms with van der Waals surface area (Å²) in [4.78, 5) is 19.9. The van der Waals surface area contributed by atoms with Crippen LogP contribution in [0.25, 0.3) is 11.1 Å².